The molecule has 0 amide bonds. The van der Waals surface area contributed by atoms with Crippen LogP contribution in [0.2, 0.25) is 10.0 Å². The third-order valence-electron chi connectivity index (χ3n) is 5.86. The van der Waals surface area contributed by atoms with E-state index >= 15 is 0 Å². The molecular weight excluding hydrogens is 589 g/mol. The summed E-state index contributed by atoms with van der Waals surface area (Å²) in [6.45, 7) is 4.30. The van der Waals surface area contributed by atoms with Crippen LogP contribution < -0.4 is 4.72 Å². The van der Waals surface area contributed by atoms with Crippen LogP contribution in [0.1, 0.15) is 37.2 Å². The molecule has 1 fully saturated rings. The van der Waals surface area contributed by atoms with Gasteiger partial charge in [-0.05, 0) is 67.4 Å². The molecule has 0 unspecified atom stereocenters. The van der Waals surface area contributed by atoms with Gasteiger partial charge >= 0.3 is 0 Å². The molecule has 0 atom stereocenters. The fraction of sp³-hybridized carbons (Fsp3) is 0.280. The van der Waals surface area contributed by atoms with Crippen molar-refractivity contribution in [1.29, 1.82) is 0 Å². The molecule has 0 saturated heterocycles. The number of benzene rings is 2. The van der Waals surface area contributed by atoms with Crippen molar-refractivity contribution in [1.82, 2.24) is 9.29 Å². The summed E-state index contributed by atoms with van der Waals surface area (Å²) >= 11 is 13.2. The van der Waals surface area contributed by atoms with E-state index in [4.69, 9.17) is 23.2 Å². The van der Waals surface area contributed by atoms with E-state index < -0.39 is 20.0 Å². The van der Waals surface area contributed by atoms with E-state index in [9.17, 15) is 21.6 Å². The summed E-state index contributed by atoms with van der Waals surface area (Å²) in [4.78, 5) is 18.7. The molecule has 0 radical (unpaired) electrons. The highest BCUT2D eigenvalue weighted by Gasteiger charge is 2.33. The van der Waals surface area contributed by atoms with Gasteiger partial charge in [0.05, 0.1) is 9.92 Å². The van der Waals surface area contributed by atoms with Crippen LogP contribution in [0.3, 0.4) is 0 Å². The number of anilines is 1. The van der Waals surface area contributed by atoms with Gasteiger partial charge in [0.25, 0.3) is 10.0 Å². The third kappa shape index (κ3) is 6.35. The Morgan fingerprint density at radius 1 is 1.00 bits per heavy atom. The van der Waals surface area contributed by atoms with Crippen LogP contribution in [0, 0.1) is 5.92 Å². The summed E-state index contributed by atoms with van der Waals surface area (Å²) in [5.74, 6) is -0.343. The number of halogens is 2. The van der Waals surface area contributed by atoms with Crippen molar-refractivity contribution < 1.29 is 21.6 Å². The van der Waals surface area contributed by atoms with Gasteiger partial charge in [-0.1, -0.05) is 48.8 Å². The van der Waals surface area contributed by atoms with Crippen molar-refractivity contribution in [3.8, 4) is 0 Å². The second kappa shape index (κ2) is 11.5. The minimum Gasteiger partial charge on any atom is -0.292 e. The molecule has 8 nitrogen and oxygen atoms in total. The number of aromatic nitrogens is 1. The number of sulfonamides is 2. The highest BCUT2D eigenvalue weighted by atomic mass is 35.5. The predicted molar refractivity (Wildman–Crippen MR) is 149 cm³/mol. The number of pyridine rings is 1. The zero-order valence-corrected chi connectivity index (χ0v) is 24.5. The van der Waals surface area contributed by atoms with Gasteiger partial charge in [-0.25, -0.2) is 21.8 Å². The Morgan fingerprint density at radius 2 is 1.66 bits per heavy atom. The molecule has 1 saturated carbocycles. The summed E-state index contributed by atoms with van der Waals surface area (Å²) in [5, 5.41) is 0.252. The van der Waals surface area contributed by atoms with Gasteiger partial charge in [0.1, 0.15) is 16.4 Å². The minimum atomic E-state index is -4.09. The number of Topliss-reactive ketones (excluding diaryl/α,β-unsaturated/α-hetero) is 1. The SMILES string of the molecule is CCN(CC)S(=O)(=O)c1ccc(Sc2ccc(NS(=O)(=O)c3ccc(Cl)cc3Cl)nc2C(=O)C2CC2)cc1. The topological polar surface area (TPSA) is 114 Å². The highest BCUT2D eigenvalue weighted by Crippen LogP contribution is 2.38. The number of nitrogens with one attached hydrogen (secondary N) is 1. The molecule has 1 heterocycles. The molecule has 3 aromatic rings. The maximum Gasteiger partial charge on any atom is 0.264 e. The Labute approximate surface area is 236 Å². The fourth-order valence-electron chi connectivity index (χ4n) is 3.71. The summed E-state index contributed by atoms with van der Waals surface area (Å²) < 4.78 is 55.2. The van der Waals surface area contributed by atoms with Gasteiger partial charge in [0.2, 0.25) is 10.0 Å². The normalized spacial score (nSPS) is 14.0. The molecule has 2 aromatic carbocycles. The first-order valence-corrected chi connectivity index (χ1v) is 16.3. The van der Waals surface area contributed by atoms with Crippen molar-refractivity contribution in [2.45, 2.75) is 46.3 Å². The van der Waals surface area contributed by atoms with E-state index in [-0.39, 0.29) is 38.0 Å². The van der Waals surface area contributed by atoms with Crippen LogP contribution in [0.25, 0.3) is 0 Å². The summed E-state index contributed by atoms with van der Waals surface area (Å²) in [7, 11) is -7.68. The second-order valence-electron chi connectivity index (χ2n) is 8.52. The lowest BCUT2D eigenvalue weighted by Crippen LogP contribution is -2.30. The monoisotopic (exact) mass is 613 g/mol. The van der Waals surface area contributed by atoms with Crippen molar-refractivity contribution in [2.75, 3.05) is 17.8 Å². The molecule has 202 valence electrons. The average Bonchev–Trinajstić information content (AvgIpc) is 3.71. The third-order valence-corrected chi connectivity index (χ3v) is 11.1. The molecule has 0 spiro atoms. The maximum atomic E-state index is 13.1. The summed E-state index contributed by atoms with van der Waals surface area (Å²) in [6, 6.07) is 13.5. The summed E-state index contributed by atoms with van der Waals surface area (Å²) in [6.07, 6.45) is 1.50. The number of carbonyl (C=O) groups is 1. The van der Waals surface area contributed by atoms with Crippen molar-refractivity contribution in [3.05, 3.63) is 70.3 Å². The number of carbonyl (C=O) groups excluding carboxylic acids is 1. The van der Waals surface area contributed by atoms with Gasteiger partial charge in [0.15, 0.2) is 5.78 Å². The maximum absolute atomic E-state index is 13.1. The van der Waals surface area contributed by atoms with Crippen LogP contribution in [0.4, 0.5) is 5.82 Å². The highest BCUT2D eigenvalue weighted by molar-refractivity contribution is 7.99. The zero-order valence-electron chi connectivity index (χ0n) is 20.5. The molecule has 1 aliphatic rings. The van der Waals surface area contributed by atoms with Crippen molar-refractivity contribution >= 4 is 66.6 Å². The number of ketones is 1. The Balaban J connectivity index is 1.62. The smallest absolute Gasteiger partial charge is 0.264 e. The fourth-order valence-corrected chi connectivity index (χ4v) is 7.84. The number of rotatable bonds is 11. The molecule has 4 rings (SSSR count). The van der Waals surface area contributed by atoms with E-state index in [2.05, 4.69) is 9.71 Å². The van der Waals surface area contributed by atoms with E-state index in [0.29, 0.717) is 27.9 Å². The lowest BCUT2D eigenvalue weighted by molar-refractivity contribution is 0.0959. The van der Waals surface area contributed by atoms with E-state index in [1.165, 1.54) is 52.5 Å². The van der Waals surface area contributed by atoms with Crippen LogP contribution in [-0.2, 0) is 20.0 Å². The van der Waals surface area contributed by atoms with Crippen molar-refractivity contribution in [2.24, 2.45) is 5.92 Å². The van der Waals surface area contributed by atoms with Gasteiger partial charge in [0, 0.05) is 33.8 Å². The van der Waals surface area contributed by atoms with Crippen molar-refractivity contribution in [3.63, 3.8) is 0 Å². The number of hydrogen-bond acceptors (Lipinski definition) is 7. The molecular formula is C25H25Cl2N3O5S3. The van der Waals surface area contributed by atoms with Crippen LogP contribution >= 0.6 is 35.0 Å². The zero-order chi connectivity index (χ0) is 27.7. The lowest BCUT2D eigenvalue weighted by Gasteiger charge is -2.18. The van der Waals surface area contributed by atoms with Gasteiger partial charge in [-0.15, -0.1) is 0 Å². The number of hydrogen-bond donors (Lipinski definition) is 1. The minimum absolute atomic E-state index is 0.0231. The van der Waals surface area contributed by atoms with Gasteiger partial charge in [-0.3, -0.25) is 9.52 Å². The van der Waals surface area contributed by atoms with Crippen LogP contribution in [0.15, 0.2) is 74.2 Å². The van der Waals surface area contributed by atoms with Gasteiger partial charge < -0.3 is 0 Å². The first-order valence-electron chi connectivity index (χ1n) is 11.8. The molecule has 13 heteroatoms. The molecule has 1 aromatic heterocycles. The Kier molecular flexibility index (Phi) is 8.75. The second-order valence-corrected chi connectivity index (χ2v) is 14.1. The number of nitrogens with zero attached hydrogens (tertiary/aromatic N) is 2. The van der Waals surface area contributed by atoms with E-state index in [1.54, 1.807) is 32.0 Å². The standard InChI is InChI=1S/C25H25Cl2N3O5S3/c1-3-30(4-2)38(34,35)19-10-8-18(9-11-19)36-21-12-14-23(28-24(21)25(31)16-5-6-16)29-37(32,33)22-13-7-17(26)15-20(22)27/h7-16H,3-6H2,1-2H3,(H,28,29). The molecule has 0 aliphatic heterocycles. The van der Waals surface area contributed by atoms with E-state index in [0.717, 1.165) is 12.8 Å². The molecule has 38 heavy (non-hydrogen) atoms. The van der Waals surface area contributed by atoms with Crippen LogP contribution in [-0.4, -0.2) is 45.0 Å². The Morgan fingerprint density at radius 3 is 2.24 bits per heavy atom. The Hall–Kier alpha value is -2.15. The largest absolute Gasteiger partial charge is 0.292 e. The van der Waals surface area contributed by atoms with E-state index in [1.807, 2.05) is 0 Å². The Bertz CT molecular complexity index is 1570. The molecule has 1 aliphatic carbocycles. The molecule has 0 bridgehead atoms. The first kappa shape index (κ1) is 28.8. The quantitative estimate of drug-likeness (QED) is 0.265. The summed E-state index contributed by atoms with van der Waals surface area (Å²) in [5.41, 5.74) is 0.153. The predicted octanol–water partition coefficient (Wildman–Crippen LogP) is 5.96. The average molecular weight is 615 g/mol. The first-order chi connectivity index (χ1) is 18.0. The molecule has 1 N–H and O–H groups in total. The van der Waals surface area contributed by atoms with Crippen LogP contribution in [0.5, 0.6) is 0 Å². The lowest BCUT2D eigenvalue weighted by atomic mass is 10.2. The van der Waals surface area contributed by atoms with Gasteiger partial charge in [-0.2, -0.15) is 4.31 Å².